The monoisotopic (exact) mass is 612 g/mol. The highest BCUT2D eigenvalue weighted by Gasteiger charge is 2.63. The van der Waals surface area contributed by atoms with Crippen molar-refractivity contribution in [3.8, 4) is 11.8 Å². The van der Waals surface area contributed by atoms with Crippen LogP contribution in [0.15, 0.2) is 46.1 Å². The molecule has 4 rings (SSSR count). The fourth-order valence-electron chi connectivity index (χ4n) is 5.14. The van der Waals surface area contributed by atoms with Gasteiger partial charge in [0.1, 0.15) is 30.0 Å². The molecule has 2 saturated heterocycles. The first-order valence-corrected chi connectivity index (χ1v) is 15.3. The molecule has 1 aromatic carbocycles. The SMILES string of the molecule is [C-]#[N+]CCOP(O[C@@H]1C2OC[C@]1(CC)O[C@H]2n1cc(C#CCOC(=O)c2ccccc2)c(=O)[nH]c1=O)N(C(C)C)C(C)C. The fourth-order valence-corrected chi connectivity index (χ4v) is 6.95. The van der Waals surface area contributed by atoms with E-state index < -0.39 is 49.8 Å². The number of aromatic nitrogens is 2. The number of carbonyl (C=O) groups is 1. The molecule has 13 heteroatoms. The minimum absolute atomic E-state index is 0.000250. The molecule has 2 aromatic rings. The predicted molar refractivity (Wildman–Crippen MR) is 159 cm³/mol. The van der Waals surface area contributed by atoms with Crippen LogP contribution in [0.5, 0.6) is 0 Å². The summed E-state index contributed by atoms with van der Waals surface area (Å²) in [5.74, 6) is 4.81. The molecule has 3 heterocycles. The zero-order valence-corrected chi connectivity index (χ0v) is 25.8. The molecule has 0 amide bonds. The van der Waals surface area contributed by atoms with Gasteiger partial charge in [0.2, 0.25) is 6.54 Å². The van der Waals surface area contributed by atoms with Crippen molar-refractivity contribution >= 4 is 14.5 Å². The first-order valence-electron chi connectivity index (χ1n) is 14.2. The number of benzene rings is 1. The Morgan fingerprint density at radius 3 is 2.63 bits per heavy atom. The second-order valence-corrected chi connectivity index (χ2v) is 12.1. The molecule has 2 aliphatic rings. The highest BCUT2D eigenvalue weighted by Crippen LogP contribution is 2.55. The van der Waals surface area contributed by atoms with Crippen molar-refractivity contribution < 1.29 is 28.1 Å². The molecule has 1 N–H and O–H groups in total. The normalized spacial score (nSPS) is 23.3. The van der Waals surface area contributed by atoms with Crippen molar-refractivity contribution in [1.29, 1.82) is 0 Å². The third kappa shape index (κ3) is 7.25. The zero-order chi connectivity index (χ0) is 31.1. The number of esters is 1. The molecule has 43 heavy (non-hydrogen) atoms. The highest BCUT2D eigenvalue weighted by molar-refractivity contribution is 7.44. The largest absolute Gasteiger partial charge is 0.449 e. The molecule has 2 aliphatic heterocycles. The number of hydrogen-bond donors (Lipinski definition) is 1. The predicted octanol–water partition coefficient (Wildman–Crippen LogP) is 3.49. The van der Waals surface area contributed by atoms with Crippen LogP contribution in [-0.4, -0.2) is 76.4 Å². The van der Waals surface area contributed by atoms with Crippen LogP contribution in [0, 0.1) is 18.4 Å². The maximum Gasteiger partial charge on any atom is 0.339 e. The zero-order valence-electron chi connectivity index (χ0n) is 24.9. The first kappa shape index (κ1) is 32.6. The van der Waals surface area contributed by atoms with Crippen molar-refractivity contribution in [3.63, 3.8) is 0 Å². The molecule has 2 unspecified atom stereocenters. The molecular formula is C30H37N4O8P. The van der Waals surface area contributed by atoms with E-state index in [0.717, 1.165) is 0 Å². The van der Waals surface area contributed by atoms with Crippen LogP contribution in [0.2, 0.25) is 0 Å². The van der Waals surface area contributed by atoms with Gasteiger partial charge in [-0.1, -0.05) is 37.0 Å². The summed E-state index contributed by atoms with van der Waals surface area (Å²) in [4.78, 5) is 43.4. The Kier molecular flexibility index (Phi) is 10.9. The number of nitrogens with zero attached hydrogens (tertiary/aromatic N) is 3. The van der Waals surface area contributed by atoms with E-state index in [2.05, 4.69) is 54.0 Å². The fraction of sp³-hybridized carbons (Fsp3) is 0.533. The van der Waals surface area contributed by atoms with Crippen LogP contribution in [-0.2, 0) is 23.3 Å². The van der Waals surface area contributed by atoms with Crippen molar-refractivity contribution in [1.82, 2.24) is 14.2 Å². The average molecular weight is 613 g/mol. The van der Waals surface area contributed by atoms with E-state index in [1.807, 2.05) is 6.92 Å². The van der Waals surface area contributed by atoms with Crippen LogP contribution in [0.3, 0.4) is 0 Å². The lowest BCUT2D eigenvalue weighted by atomic mass is 9.96. The second-order valence-electron chi connectivity index (χ2n) is 10.7. The molecule has 0 aliphatic carbocycles. The molecule has 2 fully saturated rings. The summed E-state index contributed by atoms with van der Waals surface area (Å²) in [5, 5.41) is 0. The molecule has 2 bridgehead atoms. The maximum atomic E-state index is 13.0. The highest BCUT2D eigenvalue weighted by atomic mass is 31.2. The molecule has 5 atom stereocenters. The third-order valence-corrected chi connectivity index (χ3v) is 9.29. The number of carbonyl (C=O) groups excluding carboxylic acids is 1. The molecule has 0 spiro atoms. The molecule has 0 saturated carbocycles. The van der Waals surface area contributed by atoms with Gasteiger partial charge in [0.25, 0.3) is 14.1 Å². The van der Waals surface area contributed by atoms with Gasteiger partial charge in [0.15, 0.2) is 12.8 Å². The minimum Gasteiger partial charge on any atom is -0.449 e. The van der Waals surface area contributed by atoms with Gasteiger partial charge < -0.3 is 28.1 Å². The number of fused-ring (bicyclic) bond motifs is 2. The van der Waals surface area contributed by atoms with Crippen molar-refractivity contribution in [2.45, 2.75) is 77.2 Å². The van der Waals surface area contributed by atoms with Gasteiger partial charge >= 0.3 is 11.7 Å². The van der Waals surface area contributed by atoms with Gasteiger partial charge in [-0.15, -0.1) is 0 Å². The lowest BCUT2D eigenvalue weighted by molar-refractivity contribution is -0.175. The summed E-state index contributed by atoms with van der Waals surface area (Å²) in [6.07, 6.45) is -0.284. The van der Waals surface area contributed by atoms with Gasteiger partial charge in [-0.25, -0.2) is 20.8 Å². The molecule has 230 valence electrons. The smallest absolute Gasteiger partial charge is 0.339 e. The molecular weight excluding hydrogens is 575 g/mol. The quantitative estimate of drug-likeness (QED) is 0.126. The van der Waals surface area contributed by atoms with E-state index in [4.69, 9.17) is 29.8 Å². The summed E-state index contributed by atoms with van der Waals surface area (Å²) in [7, 11) is -1.59. The number of aromatic amines is 1. The van der Waals surface area contributed by atoms with Crippen LogP contribution in [0.4, 0.5) is 0 Å². The summed E-state index contributed by atoms with van der Waals surface area (Å²) >= 11 is 0. The topological polar surface area (TPSA) is 126 Å². The Hall–Kier alpha value is -3.35. The van der Waals surface area contributed by atoms with Crippen molar-refractivity contribution in [3.05, 3.63) is 79.9 Å². The molecule has 1 aromatic heterocycles. The van der Waals surface area contributed by atoms with Gasteiger partial charge in [0, 0.05) is 18.3 Å². The van der Waals surface area contributed by atoms with E-state index in [0.29, 0.717) is 12.0 Å². The van der Waals surface area contributed by atoms with Crippen LogP contribution in [0.1, 0.15) is 63.2 Å². The minimum atomic E-state index is -1.59. The maximum absolute atomic E-state index is 13.0. The lowest BCUT2D eigenvalue weighted by Crippen LogP contribution is -2.43. The summed E-state index contributed by atoms with van der Waals surface area (Å²) in [6.45, 7) is 17.7. The Bertz CT molecular complexity index is 1480. The van der Waals surface area contributed by atoms with Gasteiger partial charge in [-0.05, 0) is 46.2 Å². The van der Waals surface area contributed by atoms with E-state index >= 15 is 0 Å². The summed E-state index contributed by atoms with van der Waals surface area (Å²) in [5.41, 5.74) is -1.83. The number of H-pyrrole nitrogens is 1. The second kappa shape index (κ2) is 14.4. The van der Waals surface area contributed by atoms with Crippen LogP contribution >= 0.6 is 8.53 Å². The Morgan fingerprint density at radius 2 is 1.98 bits per heavy atom. The third-order valence-electron chi connectivity index (χ3n) is 7.18. The van der Waals surface area contributed by atoms with E-state index in [-0.39, 0.29) is 44.0 Å². The van der Waals surface area contributed by atoms with Gasteiger partial charge in [-0.3, -0.25) is 14.3 Å². The van der Waals surface area contributed by atoms with Crippen LogP contribution in [0.25, 0.3) is 4.85 Å². The Balaban J connectivity index is 1.56. The van der Waals surface area contributed by atoms with Crippen molar-refractivity contribution in [2.24, 2.45) is 0 Å². The van der Waals surface area contributed by atoms with E-state index in [1.54, 1.807) is 30.3 Å². The standard InChI is InChI=1S/C30H37N4O8P/c1-7-30-19-39-24(25(30)42-43(40-17-15-31-6)34(20(2)3)21(4)5)27(41-30)33-18-23(26(35)32-29(33)37)14-11-16-38-28(36)22-12-9-8-10-13-22/h8-10,12-13,18,20-21,24-25,27H,7,15-17,19H2,1-5H3,(H,32,35,37)/t24?,25-,27-,30+,43?/m1/s1. The Morgan fingerprint density at radius 1 is 1.26 bits per heavy atom. The number of nitrogens with one attached hydrogen (secondary N) is 1. The summed E-state index contributed by atoms with van der Waals surface area (Å²) in [6, 6.07) is 8.68. The number of rotatable bonds is 12. The van der Waals surface area contributed by atoms with Gasteiger partial charge in [0.05, 0.1) is 12.2 Å². The molecule has 12 nitrogen and oxygen atoms in total. The number of hydrogen-bond acceptors (Lipinski definition) is 9. The van der Waals surface area contributed by atoms with Gasteiger partial charge in [-0.2, -0.15) is 0 Å². The van der Waals surface area contributed by atoms with Crippen LogP contribution < -0.4 is 11.2 Å². The van der Waals surface area contributed by atoms with Crippen molar-refractivity contribution in [2.75, 3.05) is 26.4 Å². The summed E-state index contributed by atoms with van der Waals surface area (Å²) < 4.78 is 33.9. The Labute approximate surface area is 252 Å². The first-order chi connectivity index (χ1) is 20.6. The van der Waals surface area contributed by atoms with E-state index in [1.165, 1.54) is 10.8 Å². The van der Waals surface area contributed by atoms with E-state index in [9.17, 15) is 14.4 Å². The number of ether oxygens (including phenoxy) is 3. The molecule has 0 radical (unpaired) electrons. The lowest BCUT2D eigenvalue weighted by Gasteiger charge is -2.38. The average Bonchev–Trinajstić information content (AvgIpc) is 3.48.